The second kappa shape index (κ2) is 8.56. The second-order valence-electron chi connectivity index (χ2n) is 7.01. The van der Waals surface area contributed by atoms with E-state index in [4.69, 9.17) is 4.74 Å². The Morgan fingerprint density at radius 2 is 1.52 bits per heavy atom. The molecule has 0 spiro atoms. The number of hydrogen-bond donors (Lipinski definition) is 1. The molecule has 0 aliphatic carbocycles. The number of carbonyl (C=O) groups is 1. The van der Waals surface area contributed by atoms with Gasteiger partial charge in [0.25, 0.3) is 5.91 Å². The summed E-state index contributed by atoms with van der Waals surface area (Å²) in [6.45, 7) is 10.0. The van der Waals surface area contributed by atoms with Crippen molar-refractivity contribution in [1.29, 1.82) is 0 Å². The van der Waals surface area contributed by atoms with Crippen LogP contribution in [0.1, 0.15) is 34.6 Å². The van der Waals surface area contributed by atoms with E-state index in [9.17, 15) is 13.2 Å². The van der Waals surface area contributed by atoms with Gasteiger partial charge in [0.2, 0.25) is 10.0 Å². The number of ether oxygens (including phenoxy) is 1. The van der Waals surface area contributed by atoms with Crippen LogP contribution in [0.5, 0.6) is 5.75 Å². The summed E-state index contributed by atoms with van der Waals surface area (Å²) in [6, 6.07) is 6.69. The van der Waals surface area contributed by atoms with Gasteiger partial charge in [-0.25, -0.2) is 8.42 Å². The molecule has 1 atom stereocenters. The molecule has 0 aromatic heterocycles. The lowest BCUT2D eigenvalue weighted by atomic mass is 9.93. The van der Waals surface area contributed by atoms with Crippen LogP contribution in [0.25, 0.3) is 0 Å². The van der Waals surface area contributed by atoms with Crippen molar-refractivity contribution in [1.82, 2.24) is 5.32 Å². The first-order valence-corrected chi connectivity index (χ1v) is 10.3. The fraction of sp³-hybridized carbons (Fsp3) is 0.611. The first-order chi connectivity index (χ1) is 11.4. The molecule has 142 valence electrons. The largest absolute Gasteiger partial charge is 0.481 e. The molecule has 0 saturated heterocycles. The Labute approximate surface area is 151 Å². The van der Waals surface area contributed by atoms with Crippen LogP contribution < -0.4 is 14.4 Å². The monoisotopic (exact) mass is 370 g/mol. The predicted molar refractivity (Wildman–Crippen MR) is 101 cm³/mol. The number of carbonyl (C=O) groups excluding carboxylic acids is 1. The summed E-state index contributed by atoms with van der Waals surface area (Å²) in [5, 5.41) is 3.03. The third-order valence-electron chi connectivity index (χ3n) is 4.13. The third kappa shape index (κ3) is 6.23. The van der Waals surface area contributed by atoms with Gasteiger partial charge in [0.1, 0.15) is 5.75 Å². The zero-order valence-corrected chi connectivity index (χ0v) is 16.9. The Bertz CT molecular complexity index is 661. The number of benzene rings is 1. The molecule has 1 amide bonds. The fourth-order valence-corrected chi connectivity index (χ4v) is 3.07. The molecule has 1 aromatic rings. The second-order valence-corrected chi connectivity index (χ2v) is 9.02. The number of nitrogens with zero attached hydrogens (tertiary/aromatic N) is 1. The van der Waals surface area contributed by atoms with Gasteiger partial charge >= 0.3 is 0 Å². The Hall–Kier alpha value is -1.76. The fourth-order valence-electron chi connectivity index (χ4n) is 2.57. The minimum atomic E-state index is -3.31. The highest BCUT2D eigenvalue weighted by molar-refractivity contribution is 7.92. The van der Waals surface area contributed by atoms with E-state index in [1.54, 1.807) is 31.2 Å². The van der Waals surface area contributed by atoms with E-state index in [2.05, 4.69) is 33.0 Å². The minimum Gasteiger partial charge on any atom is -0.481 e. The summed E-state index contributed by atoms with van der Waals surface area (Å²) >= 11 is 0. The van der Waals surface area contributed by atoms with E-state index in [0.29, 0.717) is 23.3 Å². The SMILES string of the molecule is CC(C)C(NC(=O)[C@@H](C)Oc1ccc(N(C)S(C)(=O)=O)cc1)C(C)C. The molecule has 0 aliphatic rings. The van der Waals surface area contributed by atoms with E-state index in [0.717, 1.165) is 6.26 Å². The van der Waals surface area contributed by atoms with Gasteiger partial charge in [0.05, 0.1) is 11.9 Å². The minimum absolute atomic E-state index is 0.0873. The lowest BCUT2D eigenvalue weighted by molar-refractivity contribution is -0.128. The topological polar surface area (TPSA) is 75.7 Å². The van der Waals surface area contributed by atoms with Crippen molar-refractivity contribution < 1.29 is 17.9 Å². The van der Waals surface area contributed by atoms with Gasteiger partial charge in [0, 0.05) is 13.1 Å². The summed E-state index contributed by atoms with van der Waals surface area (Å²) in [4.78, 5) is 12.3. The maximum absolute atomic E-state index is 12.3. The van der Waals surface area contributed by atoms with Gasteiger partial charge in [-0.05, 0) is 43.0 Å². The van der Waals surface area contributed by atoms with Crippen molar-refractivity contribution in [2.75, 3.05) is 17.6 Å². The number of hydrogen-bond acceptors (Lipinski definition) is 4. The molecule has 0 fully saturated rings. The Morgan fingerprint density at radius 3 is 1.92 bits per heavy atom. The van der Waals surface area contributed by atoms with Crippen molar-refractivity contribution in [3.05, 3.63) is 24.3 Å². The normalized spacial score (nSPS) is 13.2. The van der Waals surface area contributed by atoms with Crippen molar-refractivity contribution in [2.45, 2.75) is 46.8 Å². The van der Waals surface area contributed by atoms with Gasteiger partial charge in [0.15, 0.2) is 6.10 Å². The van der Waals surface area contributed by atoms with Crippen LogP contribution in [0.3, 0.4) is 0 Å². The van der Waals surface area contributed by atoms with Gasteiger partial charge in [-0.2, -0.15) is 0 Å². The molecule has 1 rings (SSSR count). The smallest absolute Gasteiger partial charge is 0.261 e. The van der Waals surface area contributed by atoms with Gasteiger partial charge < -0.3 is 10.1 Å². The van der Waals surface area contributed by atoms with Gasteiger partial charge in [-0.1, -0.05) is 27.7 Å². The van der Waals surface area contributed by atoms with Gasteiger partial charge in [-0.3, -0.25) is 9.10 Å². The average molecular weight is 371 g/mol. The molecule has 0 radical (unpaired) electrons. The Morgan fingerprint density at radius 1 is 1.04 bits per heavy atom. The average Bonchev–Trinajstić information content (AvgIpc) is 2.50. The summed E-state index contributed by atoms with van der Waals surface area (Å²) in [7, 11) is -1.82. The molecule has 0 heterocycles. The first-order valence-electron chi connectivity index (χ1n) is 8.44. The number of sulfonamides is 1. The zero-order valence-electron chi connectivity index (χ0n) is 16.1. The van der Waals surface area contributed by atoms with E-state index in [-0.39, 0.29) is 11.9 Å². The molecule has 0 aliphatic heterocycles. The highest BCUT2D eigenvalue weighted by atomic mass is 32.2. The molecule has 6 nitrogen and oxygen atoms in total. The van der Waals surface area contributed by atoms with E-state index in [1.807, 2.05) is 0 Å². The van der Waals surface area contributed by atoms with Crippen LogP contribution in [0.2, 0.25) is 0 Å². The summed E-state index contributed by atoms with van der Waals surface area (Å²) < 4.78 is 29.9. The molecule has 25 heavy (non-hydrogen) atoms. The van der Waals surface area contributed by atoms with Crippen LogP contribution in [0.15, 0.2) is 24.3 Å². The molecule has 0 saturated carbocycles. The van der Waals surface area contributed by atoms with Crippen LogP contribution in [-0.2, 0) is 14.8 Å². The first kappa shape index (κ1) is 21.3. The van der Waals surface area contributed by atoms with Crippen molar-refractivity contribution in [2.24, 2.45) is 11.8 Å². The Kier molecular flexibility index (Phi) is 7.29. The number of nitrogens with one attached hydrogen (secondary N) is 1. The Balaban J connectivity index is 2.74. The van der Waals surface area contributed by atoms with Crippen LogP contribution >= 0.6 is 0 Å². The standard InChI is InChI=1S/C18H30N2O4S/c1-12(2)17(13(3)4)19-18(21)14(5)24-16-10-8-15(9-11-16)20(6)25(7,22)23/h8-14,17H,1-7H3,(H,19,21)/t14-/m1/s1. The molecule has 7 heteroatoms. The molecular weight excluding hydrogens is 340 g/mol. The van der Waals surface area contributed by atoms with E-state index in [1.165, 1.54) is 11.4 Å². The highest BCUT2D eigenvalue weighted by Gasteiger charge is 2.23. The van der Waals surface area contributed by atoms with Crippen LogP contribution in [0, 0.1) is 11.8 Å². The molecule has 1 N–H and O–H groups in total. The summed E-state index contributed by atoms with van der Waals surface area (Å²) in [6.07, 6.45) is 0.502. The maximum Gasteiger partial charge on any atom is 0.261 e. The molecule has 0 bridgehead atoms. The van der Waals surface area contributed by atoms with Crippen molar-refractivity contribution in [3.63, 3.8) is 0 Å². The molecule has 1 aromatic carbocycles. The third-order valence-corrected chi connectivity index (χ3v) is 5.33. The van der Waals surface area contributed by atoms with E-state index < -0.39 is 16.1 Å². The zero-order chi connectivity index (χ0) is 19.4. The summed E-state index contributed by atoms with van der Waals surface area (Å²) in [5.41, 5.74) is 0.534. The lowest BCUT2D eigenvalue weighted by Crippen LogP contribution is -2.47. The van der Waals surface area contributed by atoms with Gasteiger partial charge in [-0.15, -0.1) is 0 Å². The maximum atomic E-state index is 12.3. The molecule has 0 unspecified atom stereocenters. The number of rotatable bonds is 8. The van der Waals surface area contributed by atoms with E-state index >= 15 is 0 Å². The quantitative estimate of drug-likeness (QED) is 0.763. The van der Waals surface area contributed by atoms with Crippen LogP contribution in [0.4, 0.5) is 5.69 Å². The molecular formula is C18H30N2O4S. The van der Waals surface area contributed by atoms with Crippen molar-refractivity contribution in [3.8, 4) is 5.75 Å². The highest BCUT2D eigenvalue weighted by Crippen LogP contribution is 2.21. The summed E-state index contributed by atoms with van der Waals surface area (Å²) in [5.74, 6) is 1.02. The number of amides is 1. The predicted octanol–water partition coefficient (Wildman–Crippen LogP) is 2.65. The van der Waals surface area contributed by atoms with Crippen molar-refractivity contribution >= 4 is 21.6 Å². The number of anilines is 1. The van der Waals surface area contributed by atoms with Crippen LogP contribution in [-0.4, -0.2) is 39.8 Å². The lowest BCUT2D eigenvalue weighted by Gasteiger charge is -2.27.